The Labute approximate surface area is 113 Å². The van der Waals surface area contributed by atoms with Gasteiger partial charge in [-0.3, -0.25) is 0 Å². The molecule has 6 unspecified atom stereocenters. The molecule has 0 heteroatoms. The normalized spacial score (nSPS) is 59.0. The van der Waals surface area contributed by atoms with Crippen molar-refractivity contribution in [3.8, 4) is 0 Å². The highest BCUT2D eigenvalue weighted by Crippen LogP contribution is 2.67. The summed E-state index contributed by atoms with van der Waals surface area (Å²) in [6.07, 6.45) is 15.6. The highest BCUT2D eigenvalue weighted by atomic mass is 14.6. The zero-order valence-electron chi connectivity index (χ0n) is 12.4. The molecule has 0 N–H and O–H groups in total. The molecule has 0 aromatic carbocycles. The minimum Gasteiger partial charge on any atom is -0.0594 e. The molecule has 4 saturated carbocycles. The molecule has 4 aliphatic carbocycles. The van der Waals surface area contributed by atoms with Crippen LogP contribution in [0.1, 0.15) is 78.1 Å². The molecule has 4 rings (SSSR count). The van der Waals surface area contributed by atoms with Gasteiger partial charge in [0, 0.05) is 0 Å². The zero-order chi connectivity index (χ0) is 12.4. The number of rotatable bonds is 0. The van der Waals surface area contributed by atoms with E-state index in [2.05, 4.69) is 13.8 Å². The number of hydrogen-bond acceptors (Lipinski definition) is 0. The molecule has 0 saturated heterocycles. The molecule has 0 aromatic rings. The molecular weight excluding hydrogens is 216 g/mol. The monoisotopic (exact) mass is 246 g/mol. The first-order valence-electron chi connectivity index (χ1n) is 8.63. The van der Waals surface area contributed by atoms with Crippen molar-refractivity contribution in [2.24, 2.45) is 34.5 Å². The van der Waals surface area contributed by atoms with Crippen molar-refractivity contribution in [3.63, 3.8) is 0 Å². The first kappa shape index (κ1) is 11.8. The van der Waals surface area contributed by atoms with Crippen molar-refractivity contribution in [3.05, 3.63) is 0 Å². The SMILES string of the molecule is CC12CCC1C1CCC3CCCCC3(C)C1CC2. The second-order valence-corrected chi connectivity index (χ2v) is 8.63. The Hall–Kier alpha value is 0. The molecule has 102 valence electrons. The third kappa shape index (κ3) is 1.38. The molecule has 0 aliphatic heterocycles. The fourth-order valence-corrected chi connectivity index (χ4v) is 6.83. The summed E-state index contributed by atoms with van der Waals surface area (Å²) in [5.41, 5.74) is 1.52. The minimum atomic E-state index is 0.748. The van der Waals surface area contributed by atoms with Crippen molar-refractivity contribution in [1.29, 1.82) is 0 Å². The third-order valence-electron chi connectivity index (χ3n) is 8.13. The summed E-state index contributed by atoms with van der Waals surface area (Å²) in [6.45, 7) is 5.29. The molecule has 6 atom stereocenters. The van der Waals surface area contributed by atoms with E-state index in [0.29, 0.717) is 0 Å². The van der Waals surface area contributed by atoms with Crippen LogP contribution in [0.4, 0.5) is 0 Å². The number of hydrogen-bond donors (Lipinski definition) is 0. The van der Waals surface area contributed by atoms with Crippen LogP contribution in [0.25, 0.3) is 0 Å². The van der Waals surface area contributed by atoms with E-state index in [9.17, 15) is 0 Å². The van der Waals surface area contributed by atoms with E-state index in [0.717, 1.165) is 34.5 Å². The molecule has 0 aromatic heterocycles. The average Bonchev–Trinajstić information content (AvgIpc) is 2.34. The summed E-state index contributed by atoms with van der Waals surface area (Å²) in [5, 5.41) is 0. The van der Waals surface area contributed by atoms with Crippen LogP contribution in [0.2, 0.25) is 0 Å². The summed E-state index contributed by atoms with van der Waals surface area (Å²) in [4.78, 5) is 0. The van der Waals surface area contributed by atoms with Crippen LogP contribution >= 0.6 is 0 Å². The second-order valence-electron chi connectivity index (χ2n) is 8.63. The summed E-state index contributed by atoms with van der Waals surface area (Å²) < 4.78 is 0. The predicted molar refractivity (Wildman–Crippen MR) is 76.3 cm³/mol. The maximum Gasteiger partial charge on any atom is -0.0266 e. The van der Waals surface area contributed by atoms with Gasteiger partial charge in [-0.25, -0.2) is 0 Å². The lowest BCUT2D eigenvalue weighted by Crippen LogP contribution is -2.56. The minimum absolute atomic E-state index is 0.748. The van der Waals surface area contributed by atoms with Crippen LogP contribution < -0.4 is 0 Å². The van der Waals surface area contributed by atoms with Crippen LogP contribution in [0.5, 0.6) is 0 Å². The summed E-state index contributed by atoms with van der Waals surface area (Å²) in [6, 6.07) is 0. The second kappa shape index (κ2) is 3.76. The van der Waals surface area contributed by atoms with Crippen molar-refractivity contribution in [2.75, 3.05) is 0 Å². The van der Waals surface area contributed by atoms with E-state index >= 15 is 0 Å². The van der Waals surface area contributed by atoms with Gasteiger partial charge in [-0.15, -0.1) is 0 Å². The molecule has 0 bridgehead atoms. The van der Waals surface area contributed by atoms with Crippen LogP contribution in [0.3, 0.4) is 0 Å². The lowest BCUT2D eigenvalue weighted by Gasteiger charge is -2.64. The lowest BCUT2D eigenvalue weighted by molar-refractivity contribution is -0.149. The van der Waals surface area contributed by atoms with Crippen molar-refractivity contribution >= 4 is 0 Å². The van der Waals surface area contributed by atoms with E-state index in [4.69, 9.17) is 0 Å². The summed E-state index contributed by atoms with van der Waals surface area (Å²) in [7, 11) is 0. The molecular formula is C18H30. The van der Waals surface area contributed by atoms with Crippen LogP contribution in [-0.4, -0.2) is 0 Å². The van der Waals surface area contributed by atoms with E-state index < -0.39 is 0 Å². The Bertz CT molecular complexity index is 346. The topological polar surface area (TPSA) is 0 Å². The molecule has 4 fully saturated rings. The van der Waals surface area contributed by atoms with E-state index in [1.165, 1.54) is 12.8 Å². The van der Waals surface area contributed by atoms with E-state index in [-0.39, 0.29) is 0 Å². The lowest BCUT2D eigenvalue weighted by atomic mass is 9.41. The molecule has 0 spiro atoms. The standard InChI is InChI=1S/C18H30/c1-17-11-8-15(17)14-7-6-13-5-3-4-10-18(13,2)16(14)9-12-17/h13-16H,3-12H2,1-2H3. The van der Waals surface area contributed by atoms with Gasteiger partial charge in [0.05, 0.1) is 0 Å². The van der Waals surface area contributed by atoms with Gasteiger partial charge in [0.15, 0.2) is 0 Å². The molecule has 18 heavy (non-hydrogen) atoms. The maximum absolute atomic E-state index is 2.69. The third-order valence-corrected chi connectivity index (χ3v) is 8.13. The molecule has 4 aliphatic rings. The smallest absolute Gasteiger partial charge is 0.0266 e. The fourth-order valence-electron chi connectivity index (χ4n) is 6.83. The van der Waals surface area contributed by atoms with Gasteiger partial charge in [0.25, 0.3) is 0 Å². The Morgan fingerprint density at radius 3 is 2.28 bits per heavy atom. The fraction of sp³-hybridized carbons (Fsp3) is 1.00. The van der Waals surface area contributed by atoms with E-state index in [1.807, 2.05) is 0 Å². The van der Waals surface area contributed by atoms with Gasteiger partial charge >= 0.3 is 0 Å². The largest absolute Gasteiger partial charge is 0.0594 e. The van der Waals surface area contributed by atoms with Crippen molar-refractivity contribution in [1.82, 2.24) is 0 Å². The van der Waals surface area contributed by atoms with Crippen LogP contribution in [-0.2, 0) is 0 Å². The first-order chi connectivity index (χ1) is 8.63. The van der Waals surface area contributed by atoms with Crippen LogP contribution in [0.15, 0.2) is 0 Å². The van der Waals surface area contributed by atoms with Gasteiger partial charge in [0.1, 0.15) is 0 Å². The van der Waals surface area contributed by atoms with Gasteiger partial charge in [-0.1, -0.05) is 26.7 Å². The zero-order valence-corrected chi connectivity index (χ0v) is 12.4. The Morgan fingerprint density at radius 1 is 0.722 bits per heavy atom. The average molecular weight is 246 g/mol. The molecule has 0 amide bonds. The van der Waals surface area contributed by atoms with E-state index in [1.54, 1.807) is 51.4 Å². The highest BCUT2D eigenvalue weighted by Gasteiger charge is 2.58. The van der Waals surface area contributed by atoms with Gasteiger partial charge < -0.3 is 0 Å². The quantitative estimate of drug-likeness (QED) is 0.535. The van der Waals surface area contributed by atoms with Gasteiger partial charge in [0.2, 0.25) is 0 Å². The highest BCUT2D eigenvalue weighted by molar-refractivity contribution is 5.08. The first-order valence-corrected chi connectivity index (χ1v) is 8.63. The van der Waals surface area contributed by atoms with Gasteiger partial charge in [-0.05, 0) is 85.9 Å². The Kier molecular flexibility index (Phi) is 2.47. The molecule has 0 heterocycles. The molecule has 0 nitrogen and oxygen atoms in total. The number of fused-ring (bicyclic) bond motifs is 5. The van der Waals surface area contributed by atoms with Gasteiger partial charge in [-0.2, -0.15) is 0 Å². The predicted octanol–water partition coefficient (Wildman–Crippen LogP) is 5.42. The van der Waals surface area contributed by atoms with Crippen LogP contribution in [0, 0.1) is 34.5 Å². The summed E-state index contributed by atoms with van der Waals surface area (Å²) in [5.74, 6) is 4.44. The van der Waals surface area contributed by atoms with Crippen molar-refractivity contribution in [2.45, 2.75) is 78.1 Å². The Balaban J connectivity index is 1.63. The Morgan fingerprint density at radius 2 is 1.50 bits per heavy atom. The van der Waals surface area contributed by atoms with Crippen molar-refractivity contribution < 1.29 is 0 Å². The summed E-state index contributed by atoms with van der Waals surface area (Å²) >= 11 is 0. The molecule has 0 radical (unpaired) electrons. The maximum atomic E-state index is 2.69.